The molecule has 0 aromatic rings. The van der Waals surface area contributed by atoms with Gasteiger partial charge in [-0.25, -0.2) is 0 Å². The van der Waals surface area contributed by atoms with Gasteiger partial charge in [0.1, 0.15) is 0 Å². The number of ether oxygens (including phenoxy) is 1. The van der Waals surface area contributed by atoms with Crippen LogP contribution in [0, 0.1) is 17.8 Å². The van der Waals surface area contributed by atoms with Crippen molar-refractivity contribution in [1.82, 2.24) is 4.90 Å². The van der Waals surface area contributed by atoms with E-state index >= 15 is 0 Å². The molecule has 2 heterocycles. The lowest BCUT2D eigenvalue weighted by Crippen LogP contribution is -2.41. The number of nitrogens with two attached hydrogens (primary N) is 1. The summed E-state index contributed by atoms with van der Waals surface area (Å²) in [5.41, 5.74) is 5.70. The maximum atomic E-state index is 5.70. The number of fused-ring (bicyclic) bond motifs is 1. The number of piperidine rings is 1. The van der Waals surface area contributed by atoms with E-state index in [-0.39, 0.29) is 0 Å². The van der Waals surface area contributed by atoms with E-state index in [0.29, 0.717) is 0 Å². The lowest BCUT2D eigenvalue weighted by atomic mass is 10.1. The van der Waals surface area contributed by atoms with Crippen LogP contribution in [-0.4, -0.2) is 43.8 Å². The third-order valence-electron chi connectivity index (χ3n) is 4.32. The van der Waals surface area contributed by atoms with Crippen LogP contribution in [0.4, 0.5) is 0 Å². The van der Waals surface area contributed by atoms with Gasteiger partial charge in [0, 0.05) is 25.7 Å². The predicted octanol–water partition coefficient (Wildman–Crippen LogP) is 0.302. The number of likely N-dealkylation sites (tertiary alicyclic amines) is 1. The minimum absolute atomic E-state index is 0.718. The summed E-state index contributed by atoms with van der Waals surface area (Å²) in [6, 6.07) is 0.718. The average Bonchev–Trinajstić information content (AvgIpc) is 2.72. The molecule has 3 fully saturated rings. The van der Waals surface area contributed by atoms with Gasteiger partial charge in [-0.3, -0.25) is 4.90 Å². The van der Waals surface area contributed by atoms with Crippen LogP contribution in [0.25, 0.3) is 0 Å². The molecule has 2 aliphatic heterocycles. The second-order valence-corrected chi connectivity index (χ2v) is 5.05. The van der Waals surface area contributed by atoms with E-state index in [2.05, 4.69) is 4.90 Å². The lowest BCUT2D eigenvalue weighted by Gasteiger charge is -2.32. The van der Waals surface area contributed by atoms with Crippen molar-refractivity contribution >= 4 is 0 Å². The van der Waals surface area contributed by atoms with E-state index in [1.165, 1.54) is 25.9 Å². The molecule has 2 saturated heterocycles. The fraction of sp³-hybridized carbons (Fsp3) is 1.00. The largest absolute Gasteiger partial charge is 0.380 e. The monoisotopic (exact) mass is 196 g/mol. The van der Waals surface area contributed by atoms with Crippen LogP contribution < -0.4 is 5.73 Å². The summed E-state index contributed by atoms with van der Waals surface area (Å²) in [5, 5.41) is 0. The van der Waals surface area contributed by atoms with E-state index in [4.69, 9.17) is 10.5 Å². The average molecular weight is 196 g/mol. The summed E-state index contributed by atoms with van der Waals surface area (Å²) in [6.45, 7) is 5.43. The van der Waals surface area contributed by atoms with Crippen molar-refractivity contribution in [1.29, 1.82) is 0 Å². The van der Waals surface area contributed by atoms with Crippen molar-refractivity contribution in [3.05, 3.63) is 0 Å². The quantitative estimate of drug-likeness (QED) is 0.690. The molecule has 80 valence electrons. The van der Waals surface area contributed by atoms with Gasteiger partial charge in [-0.2, -0.15) is 0 Å². The molecule has 0 bridgehead atoms. The molecule has 0 spiro atoms. The van der Waals surface area contributed by atoms with Crippen LogP contribution >= 0.6 is 0 Å². The van der Waals surface area contributed by atoms with Crippen molar-refractivity contribution in [2.24, 2.45) is 23.5 Å². The first-order valence-electron chi connectivity index (χ1n) is 5.92. The van der Waals surface area contributed by atoms with Crippen LogP contribution in [0.3, 0.4) is 0 Å². The molecule has 2 N–H and O–H groups in total. The van der Waals surface area contributed by atoms with Gasteiger partial charge in [0.25, 0.3) is 0 Å². The molecule has 3 nitrogen and oxygen atoms in total. The molecule has 0 aromatic heterocycles. The second kappa shape index (κ2) is 3.47. The lowest BCUT2D eigenvalue weighted by molar-refractivity contribution is 0.0211. The number of hydrogen-bond donors (Lipinski definition) is 1. The molecule has 3 heteroatoms. The highest BCUT2D eigenvalue weighted by Gasteiger charge is 2.55. The Hall–Kier alpha value is -0.120. The third kappa shape index (κ3) is 1.38. The Balaban J connectivity index is 1.53. The zero-order chi connectivity index (χ0) is 9.54. The first-order valence-corrected chi connectivity index (χ1v) is 5.92. The van der Waals surface area contributed by atoms with Crippen LogP contribution in [0.2, 0.25) is 0 Å². The van der Waals surface area contributed by atoms with Crippen LogP contribution in [-0.2, 0) is 4.74 Å². The van der Waals surface area contributed by atoms with Crippen molar-refractivity contribution in [3.63, 3.8) is 0 Å². The smallest absolute Gasteiger partial charge is 0.0621 e. The Morgan fingerprint density at radius 3 is 2.64 bits per heavy atom. The molecule has 1 aliphatic carbocycles. The van der Waals surface area contributed by atoms with Crippen LogP contribution in [0.5, 0.6) is 0 Å². The van der Waals surface area contributed by atoms with Gasteiger partial charge < -0.3 is 10.5 Å². The van der Waals surface area contributed by atoms with Gasteiger partial charge in [0.05, 0.1) is 6.61 Å². The molecular weight excluding hydrogens is 176 g/mol. The molecule has 0 radical (unpaired) electrons. The van der Waals surface area contributed by atoms with Crippen LogP contribution in [0.1, 0.15) is 12.8 Å². The highest BCUT2D eigenvalue weighted by molar-refractivity contribution is 5.06. The van der Waals surface area contributed by atoms with Gasteiger partial charge in [-0.05, 0) is 37.1 Å². The molecule has 3 atom stereocenters. The minimum Gasteiger partial charge on any atom is -0.380 e. The maximum Gasteiger partial charge on any atom is 0.0621 e. The highest BCUT2D eigenvalue weighted by Crippen LogP contribution is 2.51. The summed E-state index contributed by atoms with van der Waals surface area (Å²) in [6.07, 6.45) is 2.59. The fourth-order valence-electron chi connectivity index (χ4n) is 3.34. The molecule has 1 saturated carbocycles. The first kappa shape index (κ1) is 9.13. The molecular formula is C11H20N2O. The van der Waals surface area contributed by atoms with E-state index in [0.717, 1.165) is 43.6 Å². The summed E-state index contributed by atoms with van der Waals surface area (Å²) >= 11 is 0. The van der Waals surface area contributed by atoms with E-state index in [1.54, 1.807) is 0 Å². The first-order chi connectivity index (χ1) is 6.90. The molecule has 3 unspecified atom stereocenters. The van der Waals surface area contributed by atoms with Gasteiger partial charge >= 0.3 is 0 Å². The summed E-state index contributed by atoms with van der Waals surface area (Å²) in [4.78, 5) is 2.64. The summed E-state index contributed by atoms with van der Waals surface area (Å²) < 4.78 is 5.53. The third-order valence-corrected chi connectivity index (χ3v) is 4.32. The van der Waals surface area contributed by atoms with Crippen molar-refractivity contribution in [3.8, 4) is 0 Å². The minimum atomic E-state index is 0.718. The van der Waals surface area contributed by atoms with Gasteiger partial charge in [0.2, 0.25) is 0 Å². The van der Waals surface area contributed by atoms with Crippen molar-refractivity contribution < 1.29 is 4.74 Å². The zero-order valence-corrected chi connectivity index (χ0v) is 8.69. The highest BCUT2D eigenvalue weighted by atomic mass is 16.5. The zero-order valence-electron chi connectivity index (χ0n) is 8.69. The van der Waals surface area contributed by atoms with E-state index in [9.17, 15) is 0 Å². The summed E-state index contributed by atoms with van der Waals surface area (Å²) in [7, 11) is 0. The molecule has 3 rings (SSSR count). The topological polar surface area (TPSA) is 38.5 Å². The van der Waals surface area contributed by atoms with Gasteiger partial charge in [-0.15, -0.1) is 0 Å². The second-order valence-electron chi connectivity index (χ2n) is 5.05. The molecule has 3 aliphatic rings. The maximum absolute atomic E-state index is 5.70. The summed E-state index contributed by atoms with van der Waals surface area (Å²) in [5.74, 6) is 2.72. The normalized spacial score (nSPS) is 47.8. The molecule has 0 aromatic carbocycles. The van der Waals surface area contributed by atoms with Crippen LogP contribution in [0.15, 0.2) is 0 Å². The number of hydrogen-bond acceptors (Lipinski definition) is 3. The number of nitrogens with zero attached hydrogens (tertiary/aromatic N) is 1. The predicted molar refractivity (Wildman–Crippen MR) is 54.9 cm³/mol. The van der Waals surface area contributed by atoms with Crippen molar-refractivity contribution in [2.75, 3.05) is 32.8 Å². The van der Waals surface area contributed by atoms with E-state index < -0.39 is 0 Å². The molecule has 0 amide bonds. The SMILES string of the molecule is NCC1C2CN(C3CCCOC3)CC12. The Morgan fingerprint density at radius 1 is 1.29 bits per heavy atom. The fourth-order valence-corrected chi connectivity index (χ4v) is 3.34. The Labute approximate surface area is 85.6 Å². The Kier molecular flexibility index (Phi) is 2.26. The van der Waals surface area contributed by atoms with Gasteiger partial charge in [0.15, 0.2) is 0 Å². The Morgan fingerprint density at radius 2 is 2.07 bits per heavy atom. The Bertz CT molecular complexity index is 203. The molecule has 14 heavy (non-hydrogen) atoms. The van der Waals surface area contributed by atoms with Crippen molar-refractivity contribution in [2.45, 2.75) is 18.9 Å². The standard InChI is InChI=1S/C11H20N2O/c12-4-9-10-5-13(6-11(9)10)8-2-1-3-14-7-8/h8-11H,1-7,12H2. The van der Waals surface area contributed by atoms with E-state index in [1.807, 2.05) is 0 Å². The van der Waals surface area contributed by atoms with Gasteiger partial charge in [-0.1, -0.05) is 0 Å². The number of rotatable bonds is 2.